The number of nitrogens with one attached hydrogen (secondary N) is 1. The molecule has 1 N–H and O–H groups in total. The van der Waals surface area contributed by atoms with E-state index in [2.05, 4.69) is 10.5 Å². The number of aromatic nitrogens is 2. The third-order valence-electron chi connectivity index (χ3n) is 3.03. The largest absolute Gasteiger partial charge is 0.361 e. The normalized spacial score (nSPS) is 10.7. The second kappa shape index (κ2) is 5.73. The standard InChI is InChI=1S/C14H19N3O2/c1-4-11-7-12(19-16-11)5-6-15-14(18)13-9-17(3)8-10(13)2/h7-9H,4-6H2,1-3H3,(H,15,18). The first-order valence-corrected chi connectivity index (χ1v) is 6.45. The molecule has 1 amide bonds. The molecule has 2 heterocycles. The van der Waals surface area contributed by atoms with Gasteiger partial charge in [-0.2, -0.15) is 0 Å². The van der Waals surface area contributed by atoms with Gasteiger partial charge in [0, 0.05) is 38.5 Å². The average molecular weight is 261 g/mol. The minimum atomic E-state index is -0.0478. The molecule has 0 unspecified atom stereocenters. The van der Waals surface area contributed by atoms with Gasteiger partial charge < -0.3 is 14.4 Å². The Morgan fingerprint density at radius 2 is 2.26 bits per heavy atom. The molecular formula is C14H19N3O2. The molecule has 102 valence electrons. The van der Waals surface area contributed by atoms with Crippen molar-refractivity contribution in [3.8, 4) is 0 Å². The van der Waals surface area contributed by atoms with Gasteiger partial charge in [-0.15, -0.1) is 0 Å². The highest BCUT2D eigenvalue weighted by Crippen LogP contribution is 2.08. The lowest BCUT2D eigenvalue weighted by molar-refractivity contribution is 0.0953. The summed E-state index contributed by atoms with van der Waals surface area (Å²) in [6.07, 6.45) is 5.27. The summed E-state index contributed by atoms with van der Waals surface area (Å²) in [5, 5.41) is 6.81. The summed E-state index contributed by atoms with van der Waals surface area (Å²) >= 11 is 0. The number of carbonyl (C=O) groups is 1. The first kappa shape index (κ1) is 13.4. The van der Waals surface area contributed by atoms with Crippen molar-refractivity contribution in [2.24, 2.45) is 7.05 Å². The summed E-state index contributed by atoms with van der Waals surface area (Å²) in [5.74, 6) is 0.760. The molecule has 0 aliphatic rings. The zero-order valence-electron chi connectivity index (χ0n) is 11.6. The van der Waals surface area contributed by atoms with Crippen molar-refractivity contribution in [1.82, 2.24) is 15.0 Å². The van der Waals surface area contributed by atoms with Crippen LogP contribution in [0.1, 0.15) is 34.3 Å². The van der Waals surface area contributed by atoms with Crippen LogP contribution in [0.25, 0.3) is 0 Å². The molecule has 0 bridgehead atoms. The number of aryl methyl sites for hydroxylation is 3. The van der Waals surface area contributed by atoms with Crippen LogP contribution >= 0.6 is 0 Å². The molecule has 0 atom stereocenters. The summed E-state index contributed by atoms with van der Waals surface area (Å²) < 4.78 is 7.05. The second-order valence-corrected chi connectivity index (χ2v) is 4.66. The molecule has 2 aromatic heterocycles. The van der Waals surface area contributed by atoms with Gasteiger partial charge in [-0.25, -0.2) is 0 Å². The molecule has 2 aromatic rings. The van der Waals surface area contributed by atoms with Crippen LogP contribution in [0.3, 0.4) is 0 Å². The average Bonchev–Trinajstić information content (AvgIpc) is 2.95. The van der Waals surface area contributed by atoms with Gasteiger partial charge in [0.05, 0.1) is 11.3 Å². The zero-order valence-corrected chi connectivity index (χ0v) is 11.6. The third-order valence-corrected chi connectivity index (χ3v) is 3.03. The van der Waals surface area contributed by atoms with Gasteiger partial charge in [0.1, 0.15) is 5.76 Å². The Hall–Kier alpha value is -2.04. The van der Waals surface area contributed by atoms with E-state index in [1.807, 2.05) is 43.9 Å². The van der Waals surface area contributed by atoms with Crippen molar-refractivity contribution in [3.05, 3.63) is 41.0 Å². The van der Waals surface area contributed by atoms with E-state index in [0.29, 0.717) is 18.5 Å². The Labute approximate surface area is 112 Å². The van der Waals surface area contributed by atoms with Crippen molar-refractivity contribution in [3.63, 3.8) is 0 Å². The molecule has 2 rings (SSSR count). The molecule has 0 spiro atoms. The van der Waals surface area contributed by atoms with Crippen LogP contribution in [0.4, 0.5) is 0 Å². The van der Waals surface area contributed by atoms with E-state index in [1.54, 1.807) is 0 Å². The molecule has 0 aliphatic heterocycles. The van der Waals surface area contributed by atoms with E-state index < -0.39 is 0 Å². The van der Waals surface area contributed by atoms with Gasteiger partial charge in [-0.05, 0) is 18.9 Å². The van der Waals surface area contributed by atoms with E-state index >= 15 is 0 Å². The van der Waals surface area contributed by atoms with Crippen LogP contribution in [-0.2, 0) is 19.9 Å². The second-order valence-electron chi connectivity index (χ2n) is 4.66. The highest BCUT2D eigenvalue weighted by atomic mass is 16.5. The molecule has 0 aromatic carbocycles. The number of hydrogen-bond donors (Lipinski definition) is 1. The Morgan fingerprint density at radius 1 is 1.47 bits per heavy atom. The first-order valence-electron chi connectivity index (χ1n) is 6.45. The fraction of sp³-hybridized carbons (Fsp3) is 0.429. The molecule has 0 aliphatic carbocycles. The Balaban J connectivity index is 1.85. The number of hydrogen-bond acceptors (Lipinski definition) is 3. The maximum absolute atomic E-state index is 12.0. The first-order chi connectivity index (χ1) is 9.10. The molecular weight excluding hydrogens is 242 g/mol. The van der Waals surface area contributed by atoms with Crippen molar-refractivity contribution in [1.29, 1.82) is 0 Å². The van der Waals surface area contributed by atoms with Crippen molar-refractivity contribution >= 4 is 5.91 Å². The highest BCUT2D eigenvalue weighted by Gasteiger charge is 2.10. The van der Waals surface area contributed by atoms with Crippen LogP contribution in [0.5, 0.6) is 0 Å². The molecule has 19 heavy (non-hydrogen) atoms. The Morgan fingerprint density at radius 3 is 2.84 bits per heavy atom. The van der Waals surface area contributed by atoms with Crippen LogP contribution in [0.2, 0.25) is 0 Å². The number of rotatable bonds is 5. The molecule has 5 heteroatoms. The smallest absolute Gasteiger partial charge is 0.253 e. The maximum Gasteiger partial charge on any atom is 0.253 e. The monoisotopic (exact) mass is 261 g/mol. The molecule has 0 fully saturated rings. The van der Waals surface area contributed by atoms with Gasteiger partial charge in [0.2, 0.25) is 0 Å². The predicted octanol–water partition coefficient (Wildman–Crippen LogP) is 1.86. The van der Waals surface area contributed by atoms with E-state index in [-0.39, 0.29) is 5.91 Å². The highest BCUT2D eigenvalue weighted by molar-refractivity contribution is 5.95. The van der Waals surface area contributed by atoms with Gasteiger partial charge in [0.25, 0.3) is 5.91 Å². The topological polar surface area (TPSA) is 60.1 Å². The van der Waals surface area contributed by atoms with Crippen LogP contribution in [0.15, 0.2) is 23.0 Å². The van der Waals surface area contributed by atoms with E-state index in [4.69, 9.17) is 4.52 Å². The van der Waals surface area contributed by atoms with Gasteiger partial charge in [-0.1, -0.05) is 12.1 Å². The summed E-state index contributed by atoms with van der Waals surface area (Å²) in [5.41, 5.74) is 2.64. The number of nitrogens with zero attached hydrogens (tertiary/aromatic N) is 2. The van der Waals surface area contributed by atoms with Crippen molar-refractivity contribution in [2.45, 2.75) is 26.7 Å². The Bertz CT molecular complexity index is 569. The molecule has 0 saturated carbocycles. The minimum absolute atomic E-state index is 0.0478. The lowest BCUT2D eigenvalue weighted by Crippen LogP contribution is -2.25. The van der Waals surface area contributed by atoms with Crippen LogP contribution in [0, 0.1) is 6.92 Å². The van der Waals surface area contributed by atoms with Crippen LogP contribution < -0.4 is 5.32 Å². The minimum Gasteiger partial charge on any atom is -0.361 e. The molecule has 0 radical (unpaired) electrons. The lowest BCUT2D eigenvalue weighted by atomic mass is 10.2. The number of carbonyl (C=O) groups excluding carboxylic acids is 1. The third kappa shape index (κ3) is 3.24. The summed E-state index contributed by atoms with van der Waals surface area (Å²) in [4.78, 5) is 12.0. The SMILES string of the molecule is CCc1cc(CCNC(=O)c2cn(C)cc2C)on1. The predicted molar refractivity (Wildman–Crippen MR) is 72.1 cm³/mol. The van der Waals surface area contributed by atoms with Gasteiger partial charge >= 0.3 is 0 Å². The van der Waals surface area contributed by atoms with Crippen molar-refractivity contribution < 1.29 is 9.32 Å². The fourth-order valence-electron chi connectivity index (χ4n) is 1.99. The van der Waals surface area contributed by atoms with E-state index in [9.17, 15) is 4.79 Å². The van der Waals surface area contributed by atoms with Crippen LogP contribution in [-0.4, -0.2) is 22.2 Å². The number of amides is 1. The summed E-state index contributed by atoms with van der Waals surface area (Å²) in [6.45, 7) is 4.51. The maximum atomic E-state index is 12.0. The summed E-state index contributed by atoms with van der Waals surface area (Å²) in [6, 6.07) is 1.93. The van der Waals surface area contributed by atoms with E-state index in [1.165, 1.54) is 0 Å². The van der Waals surface area contributed by atoms with Crippen molar-refractivity contribution in [2.75, 3.05) is 6.54 Å². The molecule has 5 nitrogen and oxygen atoms in total. The molecule has 0 saturated heterocycles. The quantitative estimate of drug-likeness (QED) is 0.893. The van der Waals surface area contributed by atoms with E-state index in [0.717, 1.165) is 23.4 Å². The van der Waals surface area contributed by atoms with Gasteiger partial charge in [-0.3, -0.25) is 4.79 Å². The fourth-order valence-corrected chi connectivity index (χ4v) is 1.99. The Kier molecular flexibility index (Phi) is 4.04. The van der Waals surface area contributed by atoms with Gasteiger partial charge in [0.15, 0.2) is 0 Å². The zero-order chi connectivity index (χ0) is 13.8. The lowest BCUT2D eigenvalue weighted by Gasteiger charge is -2.02. The summed E-state index contributed by atoms with van der Waals surface area (Å²) in [7, 11) is 1.91.